The Kier molecular flexibility index (Phi) is 9.38. The first kappa shape index (κ1) is 24.7. The van der Waals surface area contributed by atoms with Crippen molar-refractivity contribution in [1.82, 2.24) is 10.2 Å². The zero-order chi connectivity index (χ0) is 23.0. The second kappa shape index (κ2) is 11.8. The van der Waals surface area contributed by atoms with Crippen LogP contribution < -0.4 is 10.1 Å². The van der Waals surface area contributed by atoms with Gasteiger partial charge in [-0.15, -0.1) is 0 Å². The van der Waals surface area contributed by atoms with Crippen molar-refractivity contribution in [3.05, 3.63) is 64.2 Å². The summed E-state index contributed by atoms with van der Waals surface area (Å²) in [7, 11) is 0. The predicted molar refractivity (Wildman–Crippen MR) is 125 cm³/mol. The zero-order valence-corrected chi connectivity index (χ0v) is 19.8. The third-order valence-electron chi connectivity index (χ3n) is 4.93. The van der Waals surface area contributed by atoms with Crippen molar-refractivity contribution in [2.45, 2.75) is 53.6 Å². The minimum Gasteiger partial charge on any atom is -0.484 e. The third kappa shape index (κ3) is 7.59. The number of aryl methyl sites for hydroxylation is 2. The molecule has 1 atom stereocenters. The van der Waals surface area contributed by atoms with E-state index >= 15 is 0 Å². The molecule has 0 aliphatic heterocycles. The van der Waals surface area contributed by atoms with Crippen molar-refractivity contribution in [3.8, 4) is 5.75 Å². The lowest BCUT2D eigenvalue weighted by Crippen LogP contribution is -2.50. The summed E-state index contributed by atoms with van der Waals surface area (Å²) in [5.41, 5.74) is 2.92. The molecule has 5 nitrogen and oxygen atoms in total. The number of hydrogen-bond acceptors (Lipinski definition) is 3. The van der Waals surface area contributed by atoms with Crippen molar-refractivity contribution >= 4 is 23.4 Å². The number of nitrogens with zero attached hydrogens (tertiary/aromatic N) is 1. The van der Waals surface area contributed by atoms with Crippen LogP contribution >= 0.6 is 11.6 Å². The highest BCUT2D eigenvalue weighted by Gasteiger charge is 2.29. The summed E-state index contributed by atoms with van der Waals surface area (Å²) in [6.07, 6.45) is 0.490. The molecule has 0 unspecified atom stereocenters. The summed E-state index contributed by atoms with van der Waals surface area (Å²) in [5.74, 6) is 0.538. The topological polar surface area (TPSA) is 58.6 Å². The number of nitrogens with one attached hydrogen (secondary N) is 1. The van der Waals surface area contributed by atoms with Crippen molar-refractivity contribution in [2.75, 3.05) is 13.2 Å². The van der Waals surface area contributed by atoms with Gasteiger partial charge in [-0.2, -0.15) is 0 Å². The van der Waals surface area contributed by atoms with E-state index in [1.54, 1.807) is 11.0 Å². The third-order valence-corrected chi connectivity index (χ3v) is 5.30. The van der Waals surface area contributed by atoms with Crippen molar-refractivity contribution in [3.63, 3.8) is 0 Å². The summed E-state index contributed by atoms with van der Waals surface area (Å²) in [4.78, 5) is 27.7. The van der Waals surface area contributed by atoms with Gasteiger partial charge in [-0.3, -0.25) is 9.59 Å². The lowest BCUT2D eigenvalue weighted by molar-refractivity contribution is -0.143. The maximum atomic E-state index is 13.2. The summed E-state index contributed by atoms with van der Waals surface area (Å²) in [6, 6.07) is 12.6. The molecule has 1 N–H and O–H groups in total. The van der Waals surface area contributed by atoms with E-state index in [0.29, 0.717) is 29.7 Å². The number of benzene rings is 2. The molecule has 2 rings (SSSR count). The molecule has 0 saturated heterocycles. The van der Waals surface area contributed by atoms with E-state index in [4.69, 9.17) is 16.3 Å². The molecule has 2 amide bonds. The Bertz CT molecular complexity index is 878. The van der Waals surface area contributed by atoms with E-state index in [9.17, 15) is 9.59 Å². The molecule has 168 valence electrons. The SMILES string of the molecule is CC[C@@H](C(=O)NCC(C)C)N(Cc1ccccc1Cl)C(=O)COc1cc(C)cc(C)c1. The van der Waals surface area contributed by atoms with Crippen LogP contribution in [-0.2, 0) is 16.1 Å². The molecule has 2 aromatic rings. The second-order valence-electron chi connectivity index (χ2n) is 8.29. The van der Waals surface area contributed by atoms with Crippen molar-refractivity contribution in [1.29, 1.82) is 0 Å². The van der Waals surface area contributed by atoms with Gasteiger partial charge in [-0.1, -0.05) is 56.6 Å². The number of hydrogen-bond donors (Lipinski definition) is 1. The molecule has 0 aromatic heterocycles. The van der Waals surface area contributed by atoms with Gasteiger partial charge in [0.1, 0.15) is 11.8 Å². The van der Waals surface area contributed by atoms with Gasteiger partial charge in [-0.25, -0.2) is 0 Å². The van der Waals surface area contributed by atoms with Gasteiger partial charge in [0.25, 0.3) is 5.91 Å². The van der Waals surface area contributed by atoms with E-state index in [0.717, 1.165) is 16.7 Å². The Labute approximate surface area is 190 Å². The van der Waals surface area contributed by atoms with Crippen LogP contribution in [0.15, 0.2) is 42.5 Å². The summed E-state index contributed by atoms with van der Waals surface area (Å²) < 4.78 is 5.80. The van der Waals surface area contributed by atoms with Crippen LogP contribution in [0.2, 0.25) is 5.02 Å². The van der Waals surface area contributed by atoms with E-state index in [2.05, 4.69) is 5.32 Å². The Morgan fingerprint density at radius 2 is 1.74 bits per heavy atom. The van der Waals surface area contributed by atoms with Crippen LogP contribution in [0.25, 0.3) is 0 Å². The first-order valence-electron chi connectivity index (χ1n) is 10.7. The molecule has 0 heterocycles. The fourth-order valence-electron chi connectivity index (χ4n) is 3.40. The molecule has 0 spiro atoms. The lowest BCUT2D eigenvalue weighted by atomic mass is 10.1. The maximum absolute atomic E-state index is 13.2. The molecule has 0 radical (unpaired) electrons. The molecule has 0 aliphatic rings. The highest BCUT2D eigenvalue weighted by Crippen LogP contribution is 2.21. The second-order valence-corrected chi connectivity index (χ2v) is 8.70. The van der Waals surface area contributed by atoms with E-state index in [1.165, 1.54) is 0 Å². The Morgan fingerprint density at radius 1 is 1.10 bits per heavy atom. The Hall–Kier alpha value is -2.53. The molecule has 0 aliphatic carbocycles. The van der Waals surface area contributed by atoms with Crippen molar-refractivity contribution < 1.29 is 14.3 Å². The summed E-state index contributed by atoms with van der Waals surface area (Å²) in [6.45, 7) is 10.6. The molecule has 2 aromatic carbocycles. The highest BCUT2D eigenvalue weighted by molar-refractivity contribution is 6.31. The molecular weight excluding hydrogens is 412 g/mol. The van der Waals surface area contributed by atoms with Crippen LogP contribution in [0.3, 0.4) is 0 Å². The fourth-order valence-corrected chi connectivity index (χ4v) is 3.59. The maximum Gasteiger partial charge on any atom is 0.261 e. The fraction of sp³-hybridized carbons (Fsp3) is 0.440. The van der Waals surface area contributed by atoms with Crippen LogP contribution in [0, 0.1) is 19.8 Å². The zero-order valence-electron chi connectivity index (χ0n) is 19.1. The Morgan fingerprint density at radius 3 is 2.32 bits per heavy atom. The summed E-state index contributed by atoms with van der Waals surface area (Å²) >= 11 is 6.34. The predicted octanol–water partition coefficient (Wildman–Crippen LogP) is 4.92. The van der Waals surface area contributed by atoms with Crippen LogP contribution in [0.1, 0.15) is 43.9 Å². The van der Waals surface area contributed by atoms with Gasteiger partial charge in [-0.05, 0) is 61.1 Å². The van der Waals surface area contributed by atoms with Gasteiger partial charge in [0.2, 0.25) is 5.91 Å². The molecule has 0 bridgehead atoms. The first-order chi connectivity index (χ1) is 14.7. The normalized spacial score (nSPS) is 11.8. The minimum atomic E-state index is -0.606. The van der Waals surface area contributed by atoms with Gasteiger partial charge in [0.15, 0.2) is 6.61 Å². The van der Waals surface area contributed by atoms with Crippen LogP contribution in [-0.4, -0.2) is 35.9 Å². The highest BCUT2D eigenvalue weighted by atomic mass is 35.5. The minimum absolute atomic E-state index is 0.151. The quantitative estimate of drug-likeness (QED) is 0.566. The van der Waals surface area contributed by atoms with Crippen LogP contribution in [0.4, 0.5) is 0 Å². The lowest BCUT2D eigenvalue weighted by Gasteiger charge is -2.31. The number of rotatable bonds is 10. The monoisotopic (exact) mass is 444 g/mol. The molecular formula is C25H33ClN2O3. The largest absolute Gasteiger partial charge is 0.484 e. The van der Waals surface area contributed by atoms with E-state index < -0.39 is 6.04 Å². The standard InChI is InChI=1S/C25H33ClN2O3/c1-6-23(25(30)27-14-17(2)3)28(15-20-9-7-8-10-22(20)26)24(29)16-31-21-12-18(4)11-19(5)13-21/h7-13,17,23H,6,14-16H2,1-5H3,(H,27,30)/t23-/m0/s1. The number of carbonyl (C=O) groups excluding carboxylic acids is 2. The van der Waals surface area contributed by atoms with Crippen molar-refractivity contribution in [2.24, 2.45) is 5.92 Å². The van der Waals surface area contributed by atoms with E-state index in [-0.39, 0.29) is 25.0 Å². The van der Waals surface area contributed by atoms with E-state index in [1.807, 2.05) is 71.0 Å². The summed E-state index contributed by atoms with van der Waals surface area (Å²) in [5, 5.41) is 3.51. The van der Waals surface area contributed by atoms with Gasteiger partial charge in [0.05, 0.1) is 0 Å². The number of halogens is 1. The average molecular weight is 445 g/mol. The first-order valence-corrected chi connectivity index (χ1v) is 11.1. The van der Waals surface area contributed by atoms with Gasteiger partial charge >= 0.3 is 0 Å². The average Bonchev–Trinajstić information content (AvgIpc) is 2.71. The molecule has 31 heavy (non-hydrogen) atoms. The van der Waals surface area contributed by atoms with Crippen LogP contribution in [0.5, 0.6) is 5.75 Å². The Balaban J connectivity index is 2.23. The smallest absolute Gasteiger partial charge is 0.261 e. The van der Waals surface area contributed by atoms with Gasteiger partial charge in [0, 0.05) is 18.1 Å². The molecule has 6 heteroatoms. The number of ether oxygens (including phenoxy) is 1. The molecule has 0 saturated carbocycles. The number of carbonyl (C=O) groups is 2. The molecule has 0 fully saturated rings. The van der Waals surface area contributed by atoms with Gasteiger partial charge < -0.3 is 15.0 Å². The number of amides is 2.